The molecule has 1 fully saturated rings. The second-order valence-electron chi connectivity index (χ2n) is 6.61. The van der Waals surface area contributed by atoms with E-state index in [1.54, 1.807) is 30.3 Å². The van der Waals surface area contributed by atoms with Crippen LogP contribution in [0.15, 0.2) is 42.5 Å². The fraction of sp³-hybridized carbons (Fsp3) is 0.400. The van der Waals surface area contributed by atoms with Gasteiger partial charge in [-0.05, 0) is 47.6 Å². The molecule has 0 spiro atoms. The van der Waals surface area contributed by atoms with Crippen molar-refractivity contribution in [1.29, 1.82) is 0 Å². The summed E-state index contributed by atoms with van der Waals surface area (Å²) >= 11 is 0. The normalized spacial score (nSPS) is 21.2. The smallest absolute Gasteiger partial charge is 0.128 e. The van der Waals surface area contributed by atoms with Crippen molar-refractivity contribution in [3.8, 4) is 16.9 Å². The van der Waals surface area contributed by atoms with E-state index in [1.807, 2.05) is 12.1 Å². The number of aromatic hydroxyl groups is 1. The topological polar surface area (TPSA) is 46.2 Å². The predicted octanol–water partition coefficient (Wildman–Crippen LogP) is 5.02. The Hall–Kier alpha value is -1.87. The average Bonchev–Trinajstić information content (AvgIpc) is 3.32. The molecule has 1 saturated carbocycles. The lowest BCUT2D eigenvalue weighted by atomic mass is 9.96. The summed E-state index contributed by atoms with van der Waals surface area (Å²) in [7, 11) is 0. The third-order valence-corrected chi connectivity index (χ3v) is 4.93. The molecule has 1 unspecified atom stereocenters. The first kappa shape index (κ1) is 16.0. The van der Waals surface area contributed by atoms with Gasteiger partial charge in [0, 0.05) is 11.6 Å². The molecule has 1 aliphatic carbocycles. The zero-order chi connectivity index (χ0) is 16.4. The van der Waals surface area contributed by atoms with Gasteiger partial charge in [-0.1, -0.05) is 50.5 Å². The fourth-order valence-electron chi connectivity index (χ4n) is 3.37. The fourth-order valence-corrected chi connectivity index (χ4v) is 3.37. The van der Waals surface area contributed by atoms with Crippen LogP contribution in [0.2, 0.25) is 0 Å². The van der Waals surface area contributed by atoms with Gasteiger partial charge in [0.1, 0.15) is 11.6 Å². The SMILES string of the molecule is CCCC[C@@H]1CC1[C@H](N)c1ccc(-c2ccc(O)cc2)cc1F. The second kappa shape index (κ2) is 6.71. The number of benzene rings is 2. The Morgan fingerprint density at radius 2 is 1.87 bits per heavy atom. The minimum absolute atomic E-state index is 0.203. The summed E-state index contributed by atoms with van der Waals surface area (Å²) in [6.07, 6.45) is 4.77. The van der Waals surface area contributed by atoms with Crippen molar-refractivity contribution < 1.29 is 9.50 Å². The molecule has 3 rings (SSSR count). The van der Waals surface area contributed by atoms with Gasteiger partial charge in [-0.25, -0.2) is 4.39 Å². The molecule has 0 radical (unpaired) electrons. The number of unbranched alkanes of at least 4 members (excludes halogenated alkanes) is 1. The van der Waals surface area contributed by atoms with Crippen LogP contribution in [-0.2, 0) is 0 Å². The van der Waals surface area contributed by atoms with E-state index in [0.29, 0.717) is 17.4 Å². The Morgan fingerprint density at radius 3 is 2.52 bits per heavy atom. The van der Waals surface area contributed by atoms with Crippen molar-refractivity contribution in [2.24, 2.45) is 17.6 Å². The number of hydrogen-bond donors (Lipinski definition) is 2. The molecule has 122 valence electrons. The Bertz CT molecular complexity index is 668. The summed E-state index contributed by atoms with van der Waals surface area (Å²) in [5, 5.41) is 9.34. The van der Waals surface area contributed by atoms with E-state index in [9.17, 15) is 9.50 Å². The van der Waals surface area contributed by atoms with E-state index in [-0.39, 0.29) is 17.6 Å². The molecule has 2 aromatic rings. The maximum absolute atomic E-state index is 14.5. The minimum atomic E-state index is -0.232. The standard InChI is InChI=1S/C20H24FNO/c1-2-3-4-15-11-18(15)20(22)17-10-7-14(12-19(17)21)13-5-8-16(23)9-6-13/h5-10,12,15,18,20,23H,2-4,11,22H2,1H3/t15-,18?,20-/m1/s1. The Labute approximate surface area is 137 Å². The first-order valence-electron chi connectivity index (χ1n) is 8.44. The molecule has 0 bridgehead atoms. The Kier molecular flexibility index (Phi) is 4.67. The van der Waals surface area contributed by atoms with E-state index < -0.39 is 0 Å². The molecule has 0 saturated heterocycles. The van der Waals surface area contributed by atoms with Crippen LogP contribution in [0.25, 0.3) is 11.1 Å². The molecule has 2 aromatic carbocycles. The van der Waals surface area contributed by atoms with Gasteiger partial charge in [-0.15, -0.1) is 0 Å². The first-order valence-corrected chi connectivity index (χ1v) is 8.44. The molecule has 2 nitrogen and oxygen atoms in total. The predicted molar refractivity (Wildman–Crippen MR) is 91.6 cm³/mol. The van der Waals surface area contributed by atoms with Crippen LogP contribution in [0.3, 0.4) is 0 Å². The van der Waals surface area contributed by atoms with Crippen LogP contribution < -0.4 is 5.73 Å². The van der Waals surface area contributed by atoms with E-state index >= 15 is 0 Å². The van der Waals surface area contributed by atoms with E-state index in [0.717, 1.165) is 17.5 Å². The summed E-state index contributed by atoms with van der Waals surface area (Å²) in [4.78, 5) is 0. The average molecular weight is 313 g/mol. The summed E-state index contributed by atoms with van der Waals surface area (Å²) < 4.78 is 14.5. The first-order chi connectivity index (χ1) is 11.1. The molecule has 0 aromatic heterocycles. The number of phenolic OH excluding ortho intramolecular Hbond substituents is 1. The maximum atomic E-state index is 14.5. The summed E-state index contributed by atoms with van der Waals surface area (Å²) in [5.74, 6) is 1.07. The Morgan fingerprint density at radius 1 is 1.17 bits per heavy atom. The monoisotopic (exact) mass is 313 g/mol. The number of nitrogens with two attached hydrogens (primary N) is 1. The molecule has 3 heteroatoms. The number of hydrogen-bond acceptors (Lipinski definition) is 2. The van der Waals surface area contributed by atoms with Crippen LogP contribution in [0.5, 0.6) is 5.75 Å². The van der Waals surface area contributed by atoms with Crippen molar-refractivity contribution in [3.63, 3.8) is 0 Å². The number of halogens is 1. The maximum Gasteiger partial charge on any atom is 0.128 e. The lowest BCUT2D eigenvalue weighted by molar-refractivity contribution is 0.475. The van der Waals surface area contributed by atoms with Gasteiger partial charge in [-0.3, -0.25) is 0 Å². The zero-order valence-electron chi connectivity index (χ0n) is 13.5. The van der Waals surface area contributed by atoms with Crippen LogP contribution >= 0.6 is 0 Å². The van der Waals surface area contributed by atoms with Crippen molar-refractivity contribution in [1.82, 2.24) is 0 Å². The lowest BCUT2D eigenvalue weighted by Gasteiger charge is -2.14. The summed E-state index contributed by atoms with van der Waals surface area (Å²) in [6, 6.07) is 11.9. The molecule has 1 aliphatic rings. The molecule has 23 heavy (non-hydrogen) atoms. The third-order valence-electron chi connectivity index (χ3n) is 4.93. The third kappa shape index (κ3) is 3.56. The highest BCUT2D eigenvalue weighted by atomic mass is 19.1. The van der Waals surface area contributed by atoms with Gasteiger partial charge in [0.2, 0.25) is 0 Å². The highest BCUT2D eigenvalue weighted by Gasteiger charge is 2.41. The molecule has 0 aliphatic heterocycles. The van der Waals surface area contributed by atoms with Crippen LogP contribution in [-0.4, -0.2) is 5.11 Å². The van der Waals surface area contributed by atoms with Gasteiger partial charge in [0.15, 0.2) is 0 Å². The van der Waals surface area contributed by atoms with Crippen molar-refractivity contribution in [2.75, 3.05) is 0 Å². The largest absolute Gasteiger partial charge is 0.508 e. The van der Waals surface area contributed by atoms with E-state index in [1.165, 1.54) is 19.3 Å². The molecule has 3 N–H and O–H groups in total. The highest BCUT2D eigenvalue weighted by molar-refractivity contribution is 5.64. The Balaban J connectivity index is 1.73. The molecular formula is C20H24FNO. The summed E-state index contributed by atoms with van der Waals surface area (Å²) in [6.45, 7) is 2.19. The number of phenols is 1. The van der Waals surface area contributed by atoms with E-state index in [2.05, 4.69) is 6.92 Å². The van der Waals surface area contributed by atoms with Gasteiger partial charge in [-0.2, -0.15) is 0 Å². The quantitative estimate of drug-likeness (QED) is 0.786. The van der Waals surface area contributed by atoms with Crippen LogP contribution in [0.1, 0.15) is 44.2 Å². The summed E-state index contributed by atoms with van der Waals surface area (Å²) in [5.41, 5.74) is 8.61. The van der Waals surface area contributed by atoms with Crippen molar-refractivity contribution in [2.45, 2.75) is 38.6 Å². The molecule has 0 amide bonds. The zero-order valence-corrected chi connectivity index (χ0v) is 13.5. The van der Waals surface area contributed by atoms with Gasteiger partial charge in [0.25, 0.3) is 0 Å². The second-order valence-corrected chi connectivity index (χ2v) is 6.61. The van der Waals surface area contributed by atoms with Crippen molar-refractivity contribution >= 4 is 0 Å². The lowest BCUT2D eigenvalue weighted by Crippen LogP contribution is -2.15. The van der Waals surface area contributed by atoms with E-state index in [4.69, 9.17) is 5.73 Å². The number of rotatable bonds is 6. The van der Waals surface area contributed by atoms with Gasteiger partial charge < -0.3 is 10.8 Å². The van der Waals surface area contributed by atoms with Crippen molar-refractivity contribution in [3.05, 3.63) is 53.8 Å². The van der Waals surface area contributed by atoms with Crippen LogP contribution in [0.4, 0.5) is 4.39 Å². The highest BCUT2D eigenvalue weighted by Crippen LogP contribution is 2.49. The van der Waals surface area contributed by atoms with Gasteiger partial charge >= 0.3 is 0 Å². The molecular weight excluding hydrogens is 289 g/mol. The van der Waals surface area contributed by atoms with Gasteiger partial charge in [0.05, 0.1) is 0 Å². The molecule has 0 heterocycles. The van der Waals surface area contributed by atoms with Crippen LogP contribution in [0, 0.1) is 17.7 Å². The minimum Gasteiger partial charge on any atom is -0.508 e. The molecule has 3 atom stereocenters.